The lowest BCUT2D eigenvalue weighted by Crippen LogP contribution is -2.37. The minimum atomic E-state index is -0.607. The van der Waals surface area contributed by atoms with Crippen molar-refractivity contribution in [1.29, 1.82) is 0 Å². The molecule has 0 bridgehead atoms. The quantitative estimate of drug-likeness (QED) is 0.882. The summed E-state index contributed by atoms with van der Waals surface area (Å²) in [5.41, 5.74) is -0.224. The van der Waals surface area contributed by atoms with Gasteiger partial charge in [0.05, 0.1) is 13.2 Å². The first-order valence-corrected chi connectivity index (χ1v) is 7.12. The number of nitrogens with one attached hydrogen (secondary N) is 1. The molecular formula is C16H19N3O4. The van der Waals surface area contributed by atoms with Crippen LogP contribution in [0.3, 0.4) is 0 Å². The molecule has 7 heteroatoms. The summed E-state index contributed by atoms with van der Waals surface area (Å²) in [5, 5.41) is 0. The Bertz CT molecular complexity index is 809. The highest BCUT2D eigenvalue weighted by atomic mass is 16.5. The van der Waals surface area contributed by atoms with E-state index in [-0.39, 0.29) is 18.5 Å². The van der Waals surface area contributed by atoms with Crippen molar-refractivity contribution >= 4 is 5.91 Å². The van der Waals surface area contributed by atoms with Gasteiger partial charge in [0.25, 0.3) is 5.56 Å². The lowest BCUT2D eigenvalue weighted by Gasteiger charge is -2.26. The third-order valence-corrected chi connectivity index (χ3v) is 3.77. The molecule has 0 saturated carbocycles. The molecule has 1 amide bonds. The first-order chi connectivity index (χ1) is 10.9. The fraction of sp³-hybridized carbons (Fsp3) is 0.312. The van der Waals surface area contributed by atoms with E-state index in [1.165, 1.54) is 17.2 Å². The smallest absolute Gasteiger partial charge is 0.328 e. The number of H-pyrrole nitrogens is 1. The van der Waals surface area contributed by atoms with Gasteiger partial charge in [-0.1, -0.05) is 18.2 Å². The van der Waals surface area contributed by atoms with Crippen LogP contribution in [0.4, 0.5) is 0 Å². The second kappa shape index (κ2) is 6.95. The Hall–Kier alpha value is -2.83. The molecule has 1 N–H and O–H groups in total. The van der Waals surface area contributed by atoms with Crippen molar-refractivity contribution in [3.63, 3.8) is 0 Å². The Kier molecular flexibility index (Phi) is 5.00. The number of likely N-dealkylation sites (N-methyl/N-ethyl adjacent to an activating group) is 1. The Morgan fingerprint density at radius 2 is 2.00 bits per heavy atom. The minimum Gasteiger partial charge on any atom is -0.496 e. The van der Waals surface area contributed by atoms with Gasteiger partial charge in [0.2, 0.25) is 5.91 Å². The molecule has 0 saturated heterocycles. The van der Waals surface area contributed by atoms with E-state index in [2.05, 4.69) is 4.98 Å². The molecule has 0 aliphatic carbocycles. The number of amides is 1. The van der Waals surface area contributed by atoms with Gasteiger partial charge in [0, 0.05) is 24.9 Å². The third kappa shape index (κ3) is 3.68. The average Bonchev–Trinajstić information content (AvgIpc) is 2.55. The molecular weight excluding hydrogens is 298 g/mol. The number of hydrogen-bond acceptors (Lipinski definition) is 4. The van der Waals surface area contributed by atoms with Crippen LogP contribution in [0.5, 0.6) is 5.75 Å². The van der Waals surface area contributed by atoms with Gasteiger partial charge in [0.15, 0.2) is 0 Å². The van der Waals surface area contributed by atoms with Crippen LogP contribution < -0.4 is 16.0 Å². The number of benzene rings is 1. The van der Waals surface area contributed by atoms with Crippen LogP contribution in [0.1, 0.15) is 18.5 Å². The molecule has 0 unspecified atom stereocenters. The Morgan fingerprint density at radius 1 is 1.30 bits per heavy atom. The van der Waals surface area contributed by atoms with Crippen LogP contribution in [0.2, 0.25) is 0 Å². The summed E-state index contributed by atoms with van der Waals surface area (Å²) in [6.45, 7) is 1.73. The zero-order valence-electron chi connectivity index (χ0n) is 13.3. The maximum atomic E-state index is 12.4. The van der Waals surface area contributed by atoms with Crippen LogP contribution in [-0.2, 0) is 11.3 Å². The van der Waals surface area contributed by atoms with E-state index in [4.69, 9.17) is 4.74 Å². The number of aromatic nitrogens is 2. The van der Waals surface area contributed by atoms with E-state index in [9.17, 15) is 14.4 Å². The molecule has 1 aromatic heterocycles. The molecule has 122 valence electrons. The molecule has 7 nitrogen and oxygen atoms in total. The van der Waals surface area contributed by atoms with Gasteiger partial charge in [-0.3, -0.25) is 19.1 Å². The molecule has 0 aliphatic rings. The lowest BCUT2D eigenvalue weighted by atomic mass is 10.1. The van der Waals surface area contributed by atoms with Gasteiger partial charge in [-0.25, -0.2) is 4.79 Å². The van der Waals surface area contributed by atoms with Crippen LogP contribution in [0.25, 0.3) is 0 Å². The number of methoxy groups -OCH3 is 1. The molecule has 1 atom stereocenters. The molecule has 2 rings (SSSR count). The summed E-state index contributed by atoms with van der Waals surface area (Å²) in [5.74, 6) is 0.443. The van der Waals surface area contributed by atoms with E-state index in [0.29, 0.717) is 5.75 Å². The summed E-state index contributed by atoms with van der Waals surface area (Å²) in [6, 6.07) is 8.43. The SMILES string of the molecule is COc1ccccc1[C@@H](C)N(C)C(=O)Cn1ccc(=O)[nH]c1=O. The van der Waals surface area contributed by atoms with E-state index < -0.39 is 11.2 Å². The first kappa shape index (κ1) is 16.5. The number of carbonyl (C=O) groups excluding carboxylic acids is 1. The highest BCUT2D eigenvalue weighted by molar-refractivity contribution is 5.76. The van der Waals surface area contributed by atoms with Crippen LogP contribution in [-0.4, -0.2) is 34.5 Å². The predicted molar refractivity (Wildman–Crippen MR) is 85.5 cm³/mol. The zero-order chi connectivity index (χ0) is 17.0. The number of carbonyl (C=O) groups is 1. The summed E-state index contributed by atoms with van der Waals surface area (Å²) in [4.78, 5) is 38.8. The summed E-state index contributed by atoms with van der Waals surface area (Å²) < 4.78 is 6.48. The van der Waals surface area contributed by atoms with Crippen molar-refractivity contribution in [3.05, 3.63) is 62.9 Å². The topological polar surface area (TPSA) is 84.4 Å². The summed E-state index contributed by atoms with van der Waals surface area (Å²) in [7, 11) is 3.24. The van der Waals surface area contributed by atoms with Crippen molar-refractivity contribution in [2.45, 2.75) is 19.5 Å². The number of hydrogen-bond donors (Lipinski definition) is 1. The van der Waals surface area contributed by atoms with Gasteiger partial charge < -0.3 is 9.64 Å². The highest BCUT2D eigenvalue weighted by Crippen LogP contribution is 2.28. The number of aromatic amines is 1. The molecule has 0 fully saturated rings. The van der Waals surface area contributed by atoms with Crippen molar-refractivity contribution in [2.75, 3.05) is 14.2 Å². The third-order valence-electron chi connectivity index (χ3n) is 3.77. The average molecular weight is 317 g/mol. The van der Waals surface area contributed by atoms with E-state index in [1.807, 2.05) is 31.2 Å². The van der Waals surface area contributed by atoms with Crippen LogP contribution in [0.15, 0.2) is 46.1 Å². The number of para-hydroxylation sites is 1. The molecule has 2 aromatic rings. The molecule has 23 heavy (non-hydrogen) atoms. The Balaban J connectivity index is 2.18. The Labute approximate surface area is 133 Å². The number of rotatable bonds is 5. The van der Waals surface area contributed by atoms with Crippen LogP contribution >= 0.6 is 0 Å². The van der Waals surface area contributed by atoms with Crippen LogP contribution in [0, 0.1) is 0 Å². The second-order valence-electron chi connectivity index (χ2n) is 5.16. The first-order valence-electron chi connectivity index (χ1n) is 7.12. The molecule has 0 radical (unpaired) electrons. The maximum absolute atomic E-state index is 12.4. The maximum Gasteiger partial charge on any atom is 0.328 e. The minimum absolute atomic E-state index is 0.147. The molecule has 1 heterocycles. The van der Waals surface area contributed by atoms with Gasteiger partial charge in [-0.2, -0.15) is 0 Å². The van der Waals surface area contributed by atoms with Crippen molar-refractivity contribution in [3.8, 4) is 5.75 Å². The highest BCUT2D eigenvalue weighted by Gasteiger charge is 2.20. The summed E-state index contributed by atoms with van der Waals surface area (Å²) in [6.07, 6.45) is 1.31. The monoisotopic (exact) mass is 317 g/mol. The largest absolute Gasteiger partial charge is 0.496 e. The summed E-state index contributed by atoms with van der Waals surface area (Å²) >= 11 is 0. The molecule has 0 spiro atoms. The lowest BCUT2D eigenvalue weighted by molar-refractivity contribution is -0.132. The van der Waals surface area contributed by atoms with Crippen molar-refractivity contribution in [1.82, 2.24) is 14.5 Å². The normalized spacial score (nSPS) is 11.8. The van der Waals surface area contributed by atoms with E-state index >= 15 is 0 Å². The molecule has 1 aromatic carbocycles. The van der Waals surface area contributed by atoms with Gasteiger partial charge in [-0.15, -0.1) is 0 Å². The predicted octanol–water partition coefficient (Wildman–Crippen LogP) is 0.765. The van der Waals surface area contributed by atoms with E-state index in [1.54, 1.807) is 14.2 Å². The van der Waals surface area contributed by atoms with E-state index in [0.717, 1.165) is 10.1 Å². The fourth-order valence-electron chi connectivity index (χ4n) is 2.26. The second-order valence-corrected chi connectivity index (χ2v) is 5.16. The number of nitrogens with zero attached hydrogens (tertiary/aromatic N) is 2. The molecule has 0 aliphatic heterocycles. The zero-order valence-corrected chi connectivity index (χ0v) is 13.3. The van der Waals surface area contributed by atoms with Crippen molar-refractivity contribution < 1.29 is 9.53 Å². The van der Waals surface area contributed by atoms with Gasteiger partial charge in [0.1, 0.15) is 12.3 Å². The number of ether oxygens (including phenoxy) is 1. The Morgan fingerprint density at radius 3 is 2.65 bits per heavy atom. The van der Waals surface area contributed by atoms with Crippen molar-refractivity contribution in [2.24, 2.45) is 0 Å². The van der Waals surface area contributed by atoms with Gasteiger partial charge >= 0.3 is 5.69 Å². The van der Waals surface area contributed by atoms with Gasteiger partial charge in [-0.05, 0) is 13.0 Å². The standard InChI is InChI=1S/C16H19N3O4/c1-11(12-6-4-5-7-13(12)23-3)18(2)15(21)10-19-9-8-14(20)17-16(19)22/h4-9,11H,10H2,1-3H3,(H,17,20,22)/t11-/m1/s1. The fourth-order valence-corrected chi connectivity index (χ4v) is 2.26.